The van der Waals surface area contributed by atoms with E-state index in [2.05, 4.69) is 9.80 Å². The third-order valence-corrected chi connectivity index (χ3v) is 7.84. The minimum absolute atomic E-state index is 0.0214. The predicted octanol–water partition coefficient (Wildman–Crippen LogP) is 2.71. The Morgan fingerprint density at radius 2 is 1.82 bits per heavy atom. The van der Waals surface area contributed by atoms with Crippen molar-refractivity contribution in [2.45, 2.75) is 6.42 Å². The van der Waals surface area contributed by atoms with Crippen LogP contribution in [0.2, 0.25) is 0 Å². The van der Waals surface area contributed by atoms with Gasteiger partial charge in [-0.2, -0.15) is 0 Å². The van der Waals surface area contributed by atoms with Crippen LogP contribution in [-0.4, -0.2) is 75.4 Å². The van der Waals surface area contributed by atoms with Gasteiger partial charge >= 0.3 is 5.97 Å². The lowest BCUT2D eigenvalue weighted by Gasteiger charge is -2.37. The van der Waals surface area contributed by atoms with E-state index in [1.54, 1.807) is 31.5 Å². The van der Waals surface area contributed by atoms with Gasteiger partial charge in [0, 0.05) is 44.6 Å². The first-order valence-corrected chi connectivity index (χ1v) is 13.2. The number of thiocarbonyl (C=S) groups is 1. The number of piperazine rings is 1. The van der Waals surface area contributed by atoms with E-state index in [0.717, 1.165) is 36.3 Å². The van der Waals surface area contributed by atoms with Crippen LogP contribution in [0.1, 0.15) is 12.0 Å². The third kappa shape index (κ3) is 5.09. The second-order valence-electron chi connectivity index (χ2n) is 8.73. The van der Waals surface area contributed by atoms with E-state index >= 15 is 0 Å². The number of pyridine rings is 1. The van der Waals surface area contributed by atoms with Crippen LogP contribution in [-0.2, 0) is 9.59 Å². The summed E-state index contributed by atoms with van der Waals surface area (Å²) in [6.07, 6.45) is 2.97. The van der Waals surface area contributed by atoms with Crippen molar-refractivity contribution in [2.24, 2.45) is 0 Å². The van der Waals surface area contributed by atoms with Crippen molar-refractivity contribution in [1.29, 1.82) is 0 Å². The zero-order valence-corrected chi connectivity index (χ0v) is 22.2. The van der Waals surface area contributed by atoms with Gasteiger partial charge in [0.25, 0.3) is 11.5 Å². The highest BCUT2D eigenvalue weighted by Gasteiger charge is 2.33. The maximum absolute atomic E-state index is 13.6. The Kier molecular flexibility index (Phi) is 7.34. The molecule has 0 radical (unpaired) electrons. The van der Waals surface area contributed by atoms with Crippen LogP contribution in [0.25, 0.3) is 11.7 Å². The number of carboxylic acids is 1. The molecule has 2 saturated heterocycles. The number of anilines is 2. The standard InChI is InChI=1S/C26H25N5O5S2/c1-36-18-7-5-17(6-8-18)28-12-14-29(15-13-28)23-19(24(34)30-10-3-2-4-21(30)27-23)16-20-25(35)31(26(37)38-20)11-9-22(32)33/h2-8,10,16H,9,11-15H2,1H3,(H,32,33). The number of aliphatic carboxylic acids is 1. The molecule has 1 aromatic carbocycles. The average Bonchev–Trinajstić information content (AvgIpc) is 3.20. The van der Waals surface area contributed by atoms with Gasteiger partial charge in [0.05, 0.1) is 24.0 Å². The van der Waals surface area contributed by atoms with Gasteiger partial charge < -0.3 is 19.6 Å². The van der Waals surface area contributed by atoms with Gasteiger partial charge in [0.1, 0.15) is 21.5 Å². The Labute approximate surface area is 228 Å². The van der Waals surface area contributed by atoms with Gasteiger partial charge in [0.2, 0.25) is 0 Å². The number of benzene rings is 1. The molecule has 0 aliphatic carbocycles. The molecule has 2 fully saturated rings. The summed E-state index contributed by atoms with van der Waals surface area (Å²) in [6.45, 7) is 2.67. The molecule has 0 atom stereocenters. The molecule has 3 aromatic rings. The molecule has 38 heavy (non-hydrogen) atoms. The largest absolute Gasteiger partial charge is 0.497 e. The molecule has 1 amide bonds. The van der Waals surface area contributed by atoms with Crippen molar-refractivity contribution in [3.8, 4) is 5.75 Å². The molecule has 2 aliphatic rings. The summed E-state index contributed by atoms with van der Waals surface area (Å²) in [5.41, 5.74) is 1.60. The number of methoxy groups -OCH3 is 1. The summed E-state index contributed by atoms with van der Waals surface area (Å²) in [6, 6.07) is 13.2. The number of amides is 1. The monoisotopic (exact) mass is 551 g/mol. The van der Waals surface area contributed by atoms with Gasteiger partial charge in [-0.05, 0) is 42.5 Å². The molecule has 0 spiro atoms. The van der Waals surface area contributed by atoms with Crippen LogP contribution in [0.5, 0.6) is 5.75 Å². The highest BCUT2D eigenvalue weighted by Crippen LogP contribution is 2.34. The summed E-state index contributed by atoms with van der Waals surface area (Å²) in [4.78, 5) is 48.3. The van der Waals surface area contributed by atoms with Gasteiger partial charge in [-0.1, -0.05) is 30.0 Å². The van der Waals surface area contributed by atoms with Crippen molar-refractivity contribution in [1.82, 2.24) is 14.3 Å². The zero-order chi connectivity index (χ0) is 26.8. The summed E-state index contributed by atoms with van der Waals surface area (Å²) in [7, 11) is 1.64. The van der Waals surface area contributed by atoms with Gasteiger partial charge in [-0.25, -0.2) is 4.98 Å². The first kappa shape index (κ1) is 25.7. The molecule has 2 aliphatic heterocycles. The number of ether oxygens (including phenoxy) is 1. The third-order valence-electron chi connectivity index (χ3n) is 6.46. The molecule has 1 N–H and O–H groups in total. The second kappa shape index (κ2) is 10.8. The lowest BCUT2D eigenvalue weighted by atomic mass is 10.2. The zero-order valence-electron chi connectivity index (χ0n) is 20.6. The molecule has 0 saturated carbocycles. The number of hydrogen-bond acceptors (Lipinski definition) is 9. The Balaban J connectivity index is 1.46. The average molecular weight is 552 g/mol. The van der Waals surface area contributed by atoms with E-state index in [1.165, 1.54) is 9.30 Å². The van der Waals surface area contributed by atoms with Crippen molar-refractivity contribution >= 4 is 63.4 Å². The number of nitrogens with zero attached hydrogens (tertiary/aromatic N) is 5. The molecule has 0 bridgehead atoms. The van der Waals surface area contributed by atoms with Gasteiger partial charge in [-0.3, -0.25) is 23.7 Å². The van der Waals surface area contributed by atoms with Crippen LogP contribution in [0.4, 0.5) is 11.5 Å². The Morgan fingerprint density at radius 1 is 1.11 bits per heavy atom. The molecule has 0 unspecified atom stereocenters. The highest BCUT2D eigenvalue weighted by molar-refractivity contribution is 8.26. The highest BCUT2D eigenvalue weighted by atomic mass is 32.2. The first-order valence-electron chi connectivity index (χ1n) is 12.0. The number of thioether (sulfide) groups is 1. The fraction of sp³-hybridized carbons (Fsp3) is 0.269. The number of aromatic nitrogens is 2. The summed E-state index contributed by atoms with van der Waals surface area (Å²) in [5.74, 6) is -0.122. The fourth-order valence-corrected chi connectivity index (χ4v) is 5.75. The number of hydrogen-bond donors (Lipinski definition) is 1. The van der Waals surface area contributed by atoms with E-state index in [9.17, 15) is 14.4 Å². The number of fused-ring (bicyclic) bond motifs is 1. The molecular formula is C26H25N5O5S2. The molecule has 4 heterocycles. The smallest absolute Gasteiger partial charge is 0.305 e. The molecule has 5 rings (SSSR count). The summed E-state index contributed by atoms with van der Waals surface area (Å²) in [5, 5.41) is 9.01. The Morgan fingerprint density at radius 3 is 2.50 bits per heavy atom. The quantitative estimate of drug-likeness (QED) is 0.348. The Hall–Kier alpha value is -3.90. The SMILES string of the molecule is COc1ccc(N2CCN(c3nc4ccccn4c(=O)c3C=C3SC(=S)N(CCC(=O)O)C3=O)CC2)cc1. The van der Waals surface area contributed by atoms with Crippen molar-refractivity contribution in [3.05, 3.63) is 69.5 Å². The number of carbonyl (C=O) groups excluding carboxylic acids is 1. The number of carbonyl (C=O) groups is 2. The van der Waals surface area contributed by atoms with Crippen molar-refractivity contribution in [2.75, 3.05) is 49.6 Å². The maximum atomic E-state index is 13.6. The maximum Gasteiger partial charge on any atom is 0.305 e. The van der Waals surface area contributed by atoms with Crippen LogP contribution in [0.15, 0.2) is 58.4 Å². The second-order valence-corrected chi connectivity index (χ2v) is 10.4. The van der Waals surface area contributed by atoms with E-state index in [1.807, 2.05) is 30.3 Å². The topological polar surface area (TPSA) is 108 Å². The van der Waals surface area contributed by atoms with Crippen LogP contribution >= 0.6 is 24.0 Å². The van der Waals surface area contributed by atoms with E-state index in [0.29, 0.717) is 30.1 Å². The van der Waals surface area contributed by atoms with Crippen LogP contribution in [0, 0.1) is 0 Å². The van der Waals surface area contributed by atoms with E-state index in [-0.39, 0.29) is 27.8 Å². The van der Waals surface area contributed by atoms with E-state index in [4.69, 9.17) is 27.0 Å². The summed E-state index contributed by atoms with van der Waals surface area (Å²) >= 11 is 6.38. The molecular weight excluding hydrogens is 526 g/mol. The lowest BCUT2D eigenvalue weighted by molar-refractivity contribution is -0.137. The Bertz CT molecular complexity index is 1500. The molecule has 10 nitrogen and oxygen atoms in total. The minimum Gasteiger partial charge on any atom is -0.497 e. The van der Waals surface area contributed by atoms with Gasteiger partial charge in [0.15, 0.2) is 0 Å². The number of carboxylic acid groups (broad SMARTS) is 1. The summed E-state index contributed by atoms with van der Waals surface area (Å²) < 4.78 is 6.98. The fourth-order valence-electron chi connectivity index (χ4n) is 4.46. The molecule has 2 aromatic heterocycles. The lowest BCUT2D eigenvalue weighted by Crippen LogP contribution is -2.47. The molecule has 12 heteroatoms. The van der Waals surface area contributed by atoms with Crippen molar-refractivity contribution < 1.29 is 19.4 Å². The van der Waals surface area contributed by atoms with Crippen LogP contribution < -0.4 is 20.1 Å². The molecule has 196 valence electrons. The predicted molar refractivity (Wildman–Crippen MR) is 151 cm³/mol. The first-order chi connectivity index (χ1) is 18.4. The van der Waals surface area contributed by atoms with Gasteiger partial charge in [-0.15, -0.1) is 0 Å². The number of rotatable bonds is 7. The normalized spacial score (nSPS) is 17.1. The van der Waals surface area contributed by atoms with E-state index < -0.39 is 11.9 Å². The van der Waals surface area contributed by atoms with Crippen molar-refractivity contribution in [3.63, 3.8) is 0 Å². The van der Waals surface area contributed by atoms with Crippen LogP contribution in [0.3, 0.4) is 0 Å². The minimum atomic E-state index is -1.02.